The minimum atomic E-state index is -0.781. The number of unbranched alkanes of at least 4 members (excludes halogenated alkanes) is 4. The molecule has 0 saturated heterocycles. The number of hydrogen-bond donors (Lipinski definition) is 2. The molecule has 3 heterocycles. The molecule has 0 spiro atoms. The Bertz CT molecular complexity index is 1800. The van der Waals surface area contributed by atoms with Gasteiger partial charge in [0, 0.05) is 44.1 Å². The number of methoxy groups -OCH3 is 2. The first-order valence-electron chi connectivity index (χ1n) is 15.4. The predicted molar refractivity (Wildman–Crippen MR) is 185 cm³/mol. The number of rotatable bonds is 17. The second kappa shape index (κ2) is 16.8. The van der Waals surface area contributed by atoms with Crippen molar-refractivity contribution in [1.29, 1.82) is 0 Å². The molecule has 1 aliphatic rings. The summed E-state index contributed by atoms with van der Waals surface area (Å²) in [5.74, 6) is -0.262. The first-order valence-corrected chi connectivity index (χ1v) is 17.9. The molecule has 13 heteroatoms. The van der Waals surface area contributed by atoms with Gasteiger partial charge in [0.1, 0.15) is 9.36 Å². The highest BCUT2D eigenvalue weighted by molar-refractivity contribution is 8.06. The van der Waals surface area contributed by atoms with Crippen molar-refractivity contribution >= 4 is 68.7 Å². The number of aryl methyl sites for hydroxylation is 1. The van der Waals surface area contributed by atoms with Gasteiger partial charge in [-0.3, -0.25) is 19.0 Å². The first-order chi connectivity index (χ1) is 22.2. The van der Waals surface area contributed by atoms with Crippen LogP contribution < -0.4 is 28.8 Å². The number of benzene rings is 1. The molecule has 10 nitrogen and oxygen atoms in total. The second-order valence-electron chi connectivity index (χ2n) is 10.9. The summed E-state index contributed by atoms with van der Waals surface area (Å²) in [6.07, 6.45) is 11.0. The van der Waals surface area contributed by atoms with Crippen molar-refractivity contribution in [2.45, 2.75) is 78.3 Å². The Kier molecular flexibility index (Phi) is 12.9. The summed E-state index contributed by atoms with van der Waals surface area (Å²) in [6.45, 7) is 6.06. The number of thiazole rings is 2. The summed E-state index contributed by atoms with van der Waals surface area (Å²) in [4.78, 5) is 37.5. The Labute approximate surface area is 280 Å². The number of hydrogen-bond acceptors (Lipinski definition) is 9. The molecule has 248 valence electrons. The normalized spacial score (nSPS) is 14.9. The van der Waals surface area contributed by atoms with E-state index in [1.807, 2.05) is 31.2 Å². The number of nitrogens with zero attached hydrogens (tertiary/aromatic N) is 3. The summed E-state index contributed by atoms with van der Waals surface area (Å²) in [5.41, 5.74) is 2.10. The zero-order valence-electron chi connectivity index (χ0n) is 26.7. The van der Waals surface area contributed by atoms with Gasteiger partial charge in [0.2, 0.25) is 5.52 Å². The van der Waals surface area contributed by atoms with E-state index in [2.05, 4.69) is 27.9 Å². The van der Waals surface area contributed by atoms with Crippen molar-refractivity contribution in [1.82, 2.24) is 9.47 Å². The largest absolute Gasteiger partial charge is 0.493 e. The van der Waals surface area contributed by atoms with Crippen LogP contribution in [0.25, 0.3) is 22.4 Å². The van der Waals surface area contributed by atoms with E-state index in [0.717, 1.165) is 62.8 Å². The Hall–Kier alpha value is -3.55. The quantitative estimate of drug-likeness (QED) is 0.147. The lowest BCUT2D eigenvalue weighted by Gasteiger charge is -2.21. The highest BCUT2D eigenvalue weighted by Crippen LogP contribution is 2.35. The summed E-state index contributed by atoms with van der Waals surface area (Å²) in [7, 11) is 3.23. The fraction of sp³-hybridized carbons (Fsp3) is 0.455. The van der Waals surface area contributed by atoms with E-state index in [-0.39, 0.29) is 18.4 Å². The molecule has 2 N–H and O–H groups in total. The van der Waals surface area contributed by atoms with E-state index in [0.29, 0.717) is 42.0 Å². The first kappa shape index (κ1) is 35.3. The van der Waals surface area contributed by atoms with E-state index >= 15 is 0 Å². The SMILES string of the molecule is CCn1c(=Cc2sc3cc(OC)c(OC)cc3[n+]2CCCCCC(=O)O)s/c(=C\C=C2\SC=C(C)N2CCCCCC(=O)O)c1=O. The van der Waals surface area contributed by atoms with Gasteiger partial charge in [0.25, 0.3) is 10.6 Å². The monoisotopic (exact) mass is 688 g/mol. The van der Waals surface area contributed by atoms with Crippen molar-refractivity contribution in [3.8, 4) is 11.5 Å². The van der Waals surface area contributed by atoms with E-state index in [1.165, 1.54) is 11.3 Å². The van der Waals surface area contributed by atoms with Gasteiger partial charge in [-0.1, -0.05) is 29.5 Å². The summed E-state index contributed by atoms with van der Waals surface area (Å²) < 4.78 is 17.7. The third-order valence-electron chi connectivity index (χ3n) is 7.70. The van der Waals surface area contributed by atoms with Crippen molar-refractivity contribution in [3.05, 3.63) is 58.9 Å². The standard InChI is InChI=1S/C33H41N3O7S3/c1-5-34-29(45-26(33(34)41)14-15-28-35(22(2)21-44-28)16-10-6-8-12-31(37)38)20-30-36(17-11-7-9-13-32(39)40)23-18-24(42-3)25(43-4)19-27(23)46-30/h14-15,18-21H,5-13,16-17H2,1-4H3,(H-,37,38,39,40)/p+1/b26-14-,28-15+. The summed E-state index contributed by atoms with van der Waals surface area (Å²) in [6, 6.07) is 3.94. The minimum Gasteiger partial charge on any atom is -0.493 e. The highest BCUT2D eigenvalue weighted by Gasteiger charge is 2.23. The van der Waals surface area contributed by atoms with E-state index in [4.69, 9.17) is 19.7 Å². The van der Waals surface area contributed by atoms with Gasteiger partial charge in [0.15, 0.2) is 18.0 Å². The maximum absolute atomic E-state index is 13.5. The number of aliphatic carboxylic acids is 2. The van der Waals surface area contributed by atoms with Crippen molar-refractivity contribution < 1.29 is 33.8 Å². The molecule has 1 aliphatic heterocycles. The summed E-state index contributed by atoms with van der Waals surface area (Å²) in [5, 5.41) is 22.1. The number of fused-ring (bicyclic) bond motifs is 1. The van der Waals surface area contributed by atoms with Gasteiger partial charge in [-0.2, -0.15) is 4.57 Å². The molecule has 3 aromatic rings. The molecular weight excluding hydrogens is 647 g/mol. The summed E-state index contributed by atoms with van der Waals surface area (Å²) >= 11 is 4.70. The highest BCUT2D eigenvalue weighted by atomic mass is 32.2. The third-order valence-corrected chi connectivity index (χ3v) is 10.9. The van der Waals surface area contributed by atoms with Crippen LogP contribution in [0, 0.1) is 0 Å². The molecule has 0 saturated carbocycles. The van der Waals surface area contributed by atoms with Gasteiger partial charge in [-0.05, 0) is 57.1 Å². The zero-order valence-corrected chi connectivity index (χ0v) is 29.2. The van der Waals surface area contributed by atoms with E-state index in [1.54, 1.807) is 41.9 Å². The maximum atomic E-state index is 13.5. The van der Waals surface area contributed by atoms with Gasteiger partial charge in [-0.15, -0.1) is 11.3 Å². The molecule has 0 atom stereocenters. The number of carboxylic acid groups (broad SMARTS) is 2. The van der Waals surface area contributed by atoms with Gasteiger partial charge >= 0.3 is 11.9 Å². The molecule has 46 heavy (non-hydrogen) atoms. The lowest BCUT2D eigenvalue weighted by molar-refractivity contribution is -0.669. The molecule has 0 aliphatic carbocycles. The number of carboxylic acids is 2. The van der Waals surface area contributed by atoms with Gasteiger partial charge in [-0.25, -0.2) is 0 Å². The lowest BCUT2D eigenvalue weighted by atomic mass is 10.2. The predicted octanol–water partition coefficient (Wildman–Crippen LogP) is 5.10. The molecule has 4 rings (SSSR count). The topological polar surface area (TPSA) is 122 Å². The molecule has 0 unspecified atom stereocenters. The van der Waals surface area contributed by atoms with E-state index in [9.17, 15) is 14.4 Å². The number of allylic oxidation sites excluding steroid dienone is 2. The Balaban J connectivity index is 1.68. The fourth-order valence-corrected chi connectivity index (χ4v) is 8.47. The van der Waals surface area contributed by atoms with Crippen LogP contribution >= 0.6 is 34.4 Å². The van der Waals surface area contributed by atoms with Crippen LogP contribution in [0.4, 0.5) is 0 Å². The minimum absolute atomic E-state index is 0.0341. The third kappa shape index (κ3) is 8.83. The molecule has 0 radical (unpaired) electrons. The number of thioether (sulfide) groups is 1. The van der Waals surface area contributed by atoms with Crippen molar-refractivity contribution in [2.75, 3.05) is 20.8 Å². The van der Waals surface area contributed by atoms with Crippen LogP contribution in [-0.4, -0.2) is 52.4 Å². The van der Waals surface area contributed by atoms with Crippen molar-refractivity contribution in [3.63, 3.8) is 0 Å². The molecule has 1 aromatic carbocycles. The van der Waals surface area contributed by atoms with Gasteiger partial charge < -0.3 is 24.6 Å². The zero-order chi connectivity index (χ0) is 33.2. The average molecular weight is 689 g/mol. The van der Waals surface area contributed by atoms with Crippen LogP contribution in [0.15, 0.2) is 39.1 Å². The molecule has 0 fully saturated rings. The second-order valence-corrected chi connectivity index (χ2v) is 13.9. The lowest BCUT2D eigenvalue weighted by Crippen LogP contribution is -2.36. The van der Waals surface area contributed by atoms with Gasteiger partial charge in [0.05, 0.1) is 35.9 Å². The molecular formula is C33H42N3O7S3+. The van der Waals surface area contributed by atoms with Crippen LogP contribution in [-0.2, 0) is 22.7 Å². The van der Waals surface area contributed by atoms with Crippen LogP contribution in [0.3, 0.4) is 0 Å². The molecule has 0 amide bonds. The number of ether oxygens (including phenoxy) is 2. The van der Waals surface area contributed by atoms with Crippen molar-refractivity contribution in [2.24, 2.45) is 0 Å². The smallest absolute Gasteiger partial charge is 0.303 e. The van der Waals surface area contributed by atoms with Crippen LogP contribution in [0.1, 0.15) is 70.2 Å². The van der Waals surface area contributed by atoms with E-state index < -0.39 is 11.9 Å². The van der Waals surface area contributed by atoms with Crippen LogP contribution in [0.2, 0.25) is 0 Å². The van der Waals surface area contributed by atoms with Crippen LogP contribution in [0.5, 0.6) is 11.5 Å². The maximum Gasteiger partial charge on any atom is 0.303 e. The Morgan fingerprint density at radius 2 is 1.61 bits per heavy atom. The fourth-order valence-electron chi connectivity index (χ4n) is 5.28. The average Bonchev–Trinajstić information content (AvgIpc) is 3.65. The number of aromatic nitrogens is 2. The Morgan fingerprint density at radius 1 is 0.935 bits per heavy atom. The molecule has 2 aromatic heterocycles. The number of carbonyl (C=O) groups is 2. The Morgan fingerprint density at radius 3 is 2.26 bits per heavy atom. The molecule has 0 bridgehead atoms.